The van der Waals surface area contributed by atoms with E-state index in [1.807, 2.05) is 24.3 Å². The Morgan fingerprint density at radius 2 is 1.92 bits per heavy atom. The second-order valence-electron chi connectivity index (χ2n) is 6.69. The van der Waals surface area contributed by atoms with Crippen LogP contribution in [0.2, 0.25) is 0 Å². The number of nitrogens with zero attached hydrogens (tertiary/aromatic N) is 1. The monoisotopic (exact) mass is 430 g/mol. The lowest BCUT2D eigenvalue weighted by Crippen LogP contribution is -2.28. The molecule has 1 N–H and O–H groups in total. The lowest BCUT2D eigenvalue weighted by Gasteiger charge is -2.22. The van der Waals surface area contributed by atoms with Gasteiger partial charge in [-0.05, 0) is 91.2 Å². The molecule has 1 fully saturated rings. The second-order valence-corrected chi connectivity index (χ2v) is 13.9. The van der Waals surface area contributed by atoms with Gasteiger partial charge < -0.3 is 5.32 Å². The molecule has 2 aliphatic heterocycles. The molecule has 3 heterocycles. The summed E-state index contributed by atoms with van der Waals surface area (Å²) in [5.41, 5.74) is 1.74. The SMILES string of the molecule is O=S(=O)(C1=CC=CS1(Cl)Cl)n1cc(CC2CCNCC2)c2ccccc21. The standard InChI is InChI=1S/C18H20Cl2N2O2S2/c19-25(20)11-3-6-18(25)26(23,24)22-13-15(12-14-7-9-21-10-8-14)16-4-1-2-5-17(16)22/h1-6,11,13-14,21H,7-10,12H2. The van der Waals surface area contributed by atoms with Gasteiger partial charge in [0.1, 0.15) is 4.24 Å². The quantitative estimate of drug-likeness (QED) is 0.754. The maximum atomic E-state index is 13.3. The number of allylic oxidation sites excluding steroid dienone is 2. The molecule has 1 saturated heterocycles. The molecule has 4 nitrogen and oxygen atoms in total. The molecular formula is C18H20Cl2N2O2S2. The molecule has 0 saturated carbocycles. The van der Waals surface area contributed by atoms with E-state index in [-0.39, 0.29) is 4.24 Å². The Labute approximate surface area is 164 Å². The summed E-state index contributed by atoms with van der Waals surface area (Å²) in [6.45, 7) is 2.04. The number of rotatable bonds is 4. The molecule has 1 aromatic carbocycles. The average molecular weight is 431 g/mol. The Hall–Kier alpha value is -0.920. The van der Waals surface area contributed by atoms with Gasteiger partial charge in [0, 0.05) is 11.6 Å². The van der Waals surface area contributed by atoms with Crippen molar-refractivity contribution in [2.24, 2.45) is 5.92 Å². The summed E-state index contributed by atoms with van der Waals surface area (Å²) in [5.74, 6) is 0.566. The third-order valence-corrected chi connectivity index (χ3v) is 11.2. The lowest BCUT2D eigenvalue weighted by atomic mass is 9.91. The van der Waals surface area contributed by atoms with E-state index in [1.54, 1.807) is 17.7 Å². The van der Waals surface area contributed by atoms with Crippen molar-refractivity contribution in [1.29, 1.82) is 0 Å². The number of halogens is 2. The summed E-state index contributed by atoms with van der Waals surface area (Å²) in [7, 11) is 6.26. The van der Waals surface area contributed by atoms with Crippen molar-refractivity contribution in [1.82, 2.24) is 9.29 Å². The van der Waals surface area contributed by atoms with Crippen molar-refractivity contribution in [3.8, 4) is 0 Å². The van der Waals surface area contributed by atoms with E-state index in [1.165, 1.54) is 10.0 Å². The first-order chi connectivity index (χ1) is 12.4. The van der Waals surface area contributed by atoms with Gasteiger partial charge in [0.15, 0.2) is 0 Å². The van der Waals surface area contributed by atoms with Gasteiger partial charge >= 0.3 is 0 Å². The van der Waals surface area contributed by atoms with E-state index < -0.39 is 18.5 Å². The minimum absolute atomic E-state index is 0.0718. The van der Waals surface area contributed by atoms with E-state index in [0.717, 1.165) is 43.3 Å². The highest BCUT2D eigenvalue weighted by molar-refractivity contribution is 8.73. The zero-order valence-corrected chi connectivity index (χ0v) is 17.2. The van der Waals surface area contributed by atoms with Crippen molar-refractivity contribution in [3.05, 3.63) is 57.8 Å². The smallest absolute Gasteiger partial charge is 0.275 e. The Morgan fingerprint density at radius 3 is 2.62 bits per heavy atom. The average Bonchev–Trinajstić information content (AvgIpc) is 3.17. The normalized spacial score (nSPS) is 21.8. The fraction of sp³-hybridized carbons (Fsp3) is 0.333. The fourth-order valence-corrected chi connectivity index (χ4v) is 9.10. The molecule has 4 rings (SSSR count). The molecule has 2 aliphatic rings. The maximum Gasteiger partial charge on any atom is 0.275 e. The molecule has 140 valence electrons. The Morgan fingerprint density at radius 1 is 1.19 bits per heavy atom. The molecule has 8 heteroatoms. The van der Waals surface area contributed by atoms with Crippen LogP contribution in [0, 0.1) is 5.92 Å². The van der Waals surface area contributed by atoms with Crippen LogP contribution in [0.25, 0.3) is 10.9 Å². The third-order valence-electron chi connectivity index (χ3n) is 4.99. The first kappa shape index (κ1) is 18.4. The summed E-state index contributed by atoms with van der Waals surface area (Å²) in [5, 5.41) is 5.91. The summed E-state index contributed by atoms with van der Waals surface area (Å²) in [6, 6.07) is 7.62. The Bertz CT molecular complexity index is 1000. The van der Waals surface area contributed by atoms with E-state index in [2.05, 4.69) is 5.32 Å². The van der Waals surface area contributed by atoms with E-state index in [4.69, 9.17) is 21.4 Å². The Balaban J connectivity index is 1.79. The molecule has 0 spiro atoms. The van der Waals surface area contributed by atoms with Crippen LogP contribution in [0.3, 0.4) is 0 Å². The Kier molecular flexibility index (Phi) is 4.90. The maximum absolute atomic E-state index is 13.3. The first-order valence-electron chi connectivity index (χ1n) is 8.56. The van der Waals surface area contributed by atoms with Crippen LogP contribution in [0.15, 0.2) is 52.3 Å². The topological polar surface area (TPSA) is 51.1 Å². The number of hydrogen-bond donors (Lipinski definition) is 1. The highest BCUT2D eigenvalue weighted by Crippen LogP contribution is 2.70. The van der Waals surface area contributed by atoms with Crippen LogP contribution in [-0.4, -0.2) is 25.5 Å². The summed E-state index contributed by atoms with van der Waals surface area (Å²) < 4.78 is 28.0. The van der Waals surface area contributed by atoms with Crippen LogP contribution in [0.5, 0.6) is 0 Å². The van der Waals surface area contributed by atoms with Gasteiger partial charge in [0.25, 0.3) is 10.0 Å². The van der Waals surface area contributed by atoms with Gasteiger partial charge in [0.05, 0.1) is 5.52 Å². The predicted molar refractivity (Wildman–Crippen MR) is 112 cm³/mol. The molecule has 0 unspecified atom stereocenters. The number of fused-ring (bicyclic) bond motifs is 1. The molecule has 0 atom stereocenters. The molecule has 0 amide bonds. The van der Waals surface area contributed by atoms with Crippen LogP contribution in [0.4, 0.5) is 0 Å². The minimum atomic E-state index is -3.82. The molecular weight excluding hydrogens is 411 g/mol. The van der Waals surface area contributed by atoms with Crippen molar-refractivity contribution >= 4 is 50.7 Å². The number of benzene rings is 1. The summed E-state index contributed by atoms with van der Waals surface area (Å²) in [6.07, 6.45) is 7.97. The molecule has 0 aliphatic carbocycles. The number of nitrogens with one attached hydrogen (secondary N) is 1. The molecule has 0 bridgehead atoms. The molecule has 0 radical (unpaired) electrons. The van der Waals surface area contributed by atoms with Crippen molar-refractivity contribution < 1.29 is 8.42 Å². The van der Waals surface area contributed by atoms with Crippen molar-refractivity contribution in [2.45, 2.75) is 19.3 Å². The van der Waals surface area contributed by atoms with Gasteiger partial charge in [-0.15, -0.1) is 0 Å². The molecule has 2 aromatic rings. The minimum Gasteiger partial charge on any atom is -0.317 e. The highest BCUT2D eigenvalue weighted by atomic mass is 36.0. The lowest BCUT2D eigenvalue weighted by molar-refractivity contribution is 0.373. The summed E-state index contributed by atoms with van der Waals surface area (Å²) in [4.78, 5) is 0. The number of piperidine rings is 1. The highest BCUT2D eigenvalue weighted by Gasteiger charge is 2.36. The zero-order chi connectivity index (χ0) is 18.4. The van der Waals surface area contributed by atoms with Crippen LogP contribution in [0.1, 0.15) is 18.4 Å². The first-order valence-corrected chi connectivity index (χ1v) is 13.3. The predicted octanol–water partition coefficient (Wildman–Crippen LogP) is 4.84. The van der Waals surface area contributed by atoms with E-state index >= 15 is 0 Å². The molecule has 26 heavy (non-hydrogen) atoms. The zero-order valence-electron chi connectivity index (χ0n) is 14.1. The van der Waals surface area contributed by atoms with Gasteiger partial charge in [0.2, 0.25) is 0 Å². The van der Waals surface area contributed by atoms with Crippen LogP contribution >= 0.6 is 29.8 Å². The second kappa shape index (κ2) is 6.91. The summed E-state index contributed by atoms with van der Waals surface area (Å²) >= 11 is 0. The van der Waals surface area contributed by atoms with E-state index in [0.29, 0.717) is 11.4 Å². The number of aromatic nitrogens is 1. The van der Waals surface area contributed by atoms with Crippen LogP contribution < -0.4 is 5.32 Å². The van der Waals surface area contributed by atoms with Crippen molar-refractivity contribution in [2.75, 3.05) is 13.1 Å². The van der Waals surface area contributed by atoms with Gasteiger partial charge in [-0.25, -0.2) is 12.4 Å². The molecule has 1 aromatic heterocycles. The van der Waals surface area contributed by atoms with Crippen LogP contribution in [-0.2, 0) is 16.4 Å². The van der Waals surface area contributed by atoms with Gasteiger partial charge in [-0.2, -0.15) is 0 Å². The number of hydrogen-bond acceptors (Lipinski definition) is 3. The van der Waals surface area contributed by atoms with Gasteiger partial charge in [-0.1, -0.05) is 24.3 Å². The fourth-order valence-electron chi connectivity index (χ4n) is 3.67. The largest absolute Gasteiger partial charge is 0.317 e. The number of para-hydroxylation sites is 1. The van der Waals surface area contributed by atoms with Crippen molar-refractivity contribution in [3.63, 3.8) is 0 Å². The van der Waals surface area contributed by atoms with Gasteiger partial charge in [-0.3, -0.25) is 0 Å². The van der Waals surface area contributed by atoms with E-state index in [9.17, 15) is 8.42 Å². The third kappa shape index (κ3) is 3.22.